The highest BCUT2D eigenvalue weighted by Gasteiger charge is 2.40. The number of carbonyl (C=O) groups excluding carboxylic acids is 2. The fraction of sp³-hybridized carbons (Fsp3) is 0.522. The van der Waals surface area contributed by atoms with Crippen molar-refractivity contribution in [1.29, 1.82) is 0 Å². The molecule has 0 radical (unpaired) electrons. The van der Waals surface area contributed by atoms with Gasteiger partial charge < -0.3 is 4.90 Å². The average Bonchev–Trinajstić information content (AvgIpc) is 3.23. The zero-order valence-electron chi connectivity index (χ0n) is 17.1. The molecule has 4 rings (SSSR count). The molecule has 1 aromatic carbocycles. The number of nitrogens with zero attached hydrogens (tertiary/aromatic N) is 3. The van der Waals surface area contributed by atoms with Gasteiger partial charge in [-0.05, 0) is 57.7 Å². The van der Waals surface area contributed by atoms with Crippen LogP contribution >= 0.6 is 11.3 Å². The summed E-state index contributed by atoms with van der Waals surface area (Å²) < 4.78 is 0. The van der Waals surface area contributed by atoms with Gasteiger partial charge in [-0.25, -0.2) is 4.98 Å². The van der Waals surface area contributed by atoms with Crippen LogP contribution in [0.15, 0.2) is 35.7 Å². The van der Waals surface area contributed by atoms with Gasteiger partial charge in [0.1, 0.15) is 16.5 Å². The smallest absolute Gasteiger partial charge is 0.273 e. The highest BCUT2D eigenvalue weighted by atomic mass is 32.1. The van der Waals surface area contributed by atoms with E-state index < -0.39 is 0 Å². The Morgan fingerprint density at radius 1 is 1.03 bits per heavy atom. The number of rotatable bonds is 5. The predicted molar refractivity (Wildman–Crippen MR) is 115 cm³/mol. The molecule has 0 aliphatic carbocycles. The number of thiazole rings is 1. The van der Waals surface area contributed by atoms with Gasteiger partial charge in [0.15, 0.2) is 0 Å². The van der Waals surface area contributed by atoms with Gasteiger partial charge in [0, 0.05) is 18.5 Å². The first-order chi connectivity index (χ1) is 14.1. The second kappa shape index (κ2) is 8.76. The fourth-order valence-corrected chi connectivity index (χ4v) is 5.44. The molecular weight excluding hydrogens is 382 g/mol. The van der Waals surface area contributed by atoms with Crippen molar-refractivity contribution in [1.82, 2.24) is 14.8 Å². The summed E-state index contributed by atoms with van der Waals surface area (Å²) in [5.74, 6) is 0.331. The Kier molecular flexibility index (Phi) is 6.11. The van der Waals surface area contributed by atoms with Crippen molar-refractivity contribution in [3.63, 3.8) is 0 Å². The van der Waals surface area contributed by atoms with Crippen LogP contribution in [-0.4, -0.2) is 52.7 Å². The van der Waals surface area contributed by atoms with Crippen LogP contribution in [0.4, 0.5) is 0 Å². The quantitative estimate of drug-likeness (QED) is 0.749. The molecule has 2 aliphatic heterocycles. The number of amides is 1. The van der Waals surface area contributed by atoms with Crippen LogP contribution in [0, 0.1) is 0 Å². The molecule has 154 valence electrons. The Morgan fingerprint density at radius 2 is 1.72 bits per heavy atom. The van der Waals surface area contributed by atoms with E-state index in [4.69, 9.17) is 0 Å². The lowest BCUT2D eigenvalue weighted by Crippen LogP contribution is -2.46. The van der Waals surface area contributed by atoms with Crippen molar-refractivity contribution in [2.24, 2.45) is 0 Å². The molecule has 5 nitrogen and oxygen atoms in total. The SMILES string of the molecule is CC(=O)C1(c2ccccc2)CCN(Cc2nc(C(=O)N3CCCCC3)cs2)CC1. The molecule has 2 saturated heterocycles. The van der Waals surface area contributed by atoms with E-state index in [1.165, 1.54) is 6.42 Å². The Morgan fingerprint density at radius 3 is 2.38 bits per heavy atom. The van der Waals surface area contributed by atoms with Gasteiger partial charge >= 0.3 is 0 Å². The molecule has 3 heterocycles. The van der Waals surface area contributed by atoms with Crippen LogP contribution in [0.1, 0.15) is 60.1 Å². The van der Waals surface area contributed by atoms with Crippen LogP contribution in [0.5, 0.6) is 0 Å². The first kappa shape index (κ1) is 20.2. The molecule has 29 heavy (non-hydrogen) atoms. The van der Waals surface area contributed by atoms with E-state index in [-0.39, 0.29) is 17.1 Å². The van der Waals surface area contributed by atoms with E-state index in [9.17, 15) is 9.59 Å². The van der Waals surface area contributed by atoms with Crippen LogP contribution < -0.4 is 0 Å². The minimum absolute atomic E-state index is 0.0746. The van der Waals surface area contributed by atoms with Crippen molar-refractivity contribution in [3.05, 3.63) is 52.0 Å². The topological polar surface area (TPSA) is 53.5 Å². The molecule has 0 spiro atoms. The van der Waals surface area contributed by atoms with Gasteiger partial charge in [-0.15, -0.1) is 11.3 Å². The molecule has 1 amide bonds. The zero-order chi connectivity index (χ0) is 20.3. The summed E-state index contributed by atoms with van der Waals surface area (Å²) in [7, 11) is 0. The van der Waals surface area contributed by atoms with Crippen molar-refractivity contribution in [3.8, 4) is 0 Å². The van der Waals surface area contributed by atoms with E-state index in [0.29, 0.717) is 5.69 Å². The third-order valence-electron chi connectivity index (χ3n) is 6.48. The number of hydrogen-bond acceptors (Lipinski definition) is 5. The van der Waals surface area contributed by atoms with E-state index >= 15 is 0 Å². The Bertz CT molecular complexity index is 850. The summed E-state index contributed by atoms with van der Waals surface area (Å²) in [6.45, 7) is 5.91. The third kappa shape index (κ3) is 4.28. The molecule has 2 fully saturated rings. The molecule has 6 heteroatoms. The van der Waals surface area contributed by atoms with Crippen molar-refractivity contribution < 1.29 is 9.59 Å². The van der Waals surface area contributed by atoms with Gasteiger partial charge in [-0.3, -0.25) is 14.5 Å². The lowest BCUT2D eigenvalue weighted by molar-refractivity contribution is -0.124. The Labute approximate surface area is 176 Å². The minimum atomic E-state index is -0.365. The first-order valence-electron chi connectivity index (χ1n) is 10.6. The second-order valence-electron chi connectivity index (χ2n) is 8.26. The molecule has 1 aromatic heterocycles. The Hall–Kier alpha value is -2.05. The largest absolute Gasteiger partial charge is 0.337 e. The van der Waals surface area contributed by atoms with E-state index in [2.05, 4.69) is 22.0 Å². The second-order valence-corrected chi connectivity index (χ2v) is 9.20. The highest BCUT2D eigenvalue weighted by Crippen LogP contribution is 2.37. The molecule has 2 aromatic rings. The molecule has 0 atom stereocenters. The van der Waals surface area contributed by atoms with Crippen LogP contribution in [0.3, 0.4) is 0 Å². The third-order valence-corrected chi connectivity index (χ3v) is 7.32. The summed E-state index contributed by atoms with van der Waals surface area (Å²) in [5, 5.41) is 2.89. The maximum absolute atomic E-state index is 12.6. The molecular formula is C23H29N3O2S. The van der Waals surface area contributed by atoms with Gasteiger partial charge in [0.05, 0.1) is 12.0 Å². The summed E-state index contributed by atoms with van der Waals surface area (Å²) in [6.07, 6.45) is 5.06. The number of likely N-dealkylation sites (tertiary alicyclic amines) is 2. The van der Waals surface area contributed by atoms with Crippen LogP contribution in [-0.2, 0) is 16.8 Å². The summed E-state index contributed by atoms with van der Waals surface area (Å²) in [6, 6.07) is 10.2. The van der Waals surface area contributed by atoms with Gasteiger partial charge in [-0.2, -0.15) is 0 Å². The molecule has 2 aliphatic rings. The molecule has 0 unspecified atom stereocenters. The Balaban J connectivity index is 1.38. The number of Topliss-reactive ketones (excluding diaryl/α,β-unsaturated/α-hetero) is 1. The van der Waals surface area contributed by atoms with Crippen molar-refractivity contribution >= 4 is 23.0 Å². The number of hydrogen-bond donors (Lipinski definition) is 0. The number of aromatic nitrogens is 1. The number of piperidine rings is 2. The van der Waals surface area contributed by atoms with Gasteiger partial charge in [-0.1, -0.05) is 30.3 Å². The van der Waals surface area contributed by atoms with E-state index in [1.54, 1.807) is 18.3 Å². The molecule has 0 N–H and O–H groups in total. The van der Waals surface area contributed by atoms with Crippen molar-refractivity contribution in [2.75, 3.05) is 26.2 Å². The maximum Gasteiger partial charge on any atom is 0.273 e. The van der Waals surface area contributed by atoms with Crippen LogP contribution in [0.25, 0.3) is 0 Å². The maximum atomic E-state index is 12.6. The lowest BCUT2D eigenvalue weighted by Gasteiger charge is -2.40. The van der Waals surface area contributed by atoms with Gasteiger partial charge in [0.2, 0.25) is 0 Å². The first-order valence-corrected chi connectivity index (χ1v) is 11.5. The van der Waals surface area contributed by atoms with E-state index in [0.717, 1.165) is 69.0 Å². The molecule has 0 saturated carbocycles. The minimum Gasteiger partial charge on any atom is -0.337 e. The summed E-state index contributed by atoms with van der Waals surface area (Å²) in [5.41, 5.74) is 1.36. The zero-order valence-corrected chi connectivity index (χ0v) is 17.9. The van der Waals surface area contributed by atoms with Crippen LogP contribution in [0.2, 0.25) is 0 Å². The lowest BCUT2D eigenvalue weighted by atomic mass is 9.70. The fourth-order valence-electron chi connectivity index (χ4n) is 4.63. The van der Waals surface area contributed by atoms with Gasteiger partial charge in [0.25, 0.3) is 5.91 Å². The monoisotopic (exact) mass is 411 g/mol. The summed E-state index contributed by atoms with van der Waals surface area (Å²) in [4.78, 5) is 34.1. The predicted octanol–water partition coefficient (Wildman–Crippen LogP) is 3.89. The average molecular weight is 412 g/mol. The van der Waals surface area contributed by atoms with Crippen molar-refractivity contribution in [2.45, 2.75) is 51.0 Å². The standard InChI is InChI=1S/C23H29N3O2S/c1-18(27)23(19-8-4-2-5-9-19)10-14-25(15-11-23)16-21-24-20(17-29-21)22(28)26-12-6-3-7-13-26/h2,4-5,8-9,17H,3,6-7,10-16H2,1H3. The number of ketones is 1. The summed E-state index contributed by atoms with van der Waals surface area (Å²) >= 11 is 1.57. The number of carbonyl (C=O) groups is 2. The molecule has 0 bridgehead atoms. The number of benzene rings is 1. The highest BCUT2D eigenvalue weighted by molar-refractivity contribution is 7.09. The normalized spacial score (nSPS) is 19.8. The van der Waals surface area contributed by atoms with E-state index in [1.807, 2.05) is 28.5 Å².